The van der Waals surface area contributed by atoms with E-state index in [0.717, 1.165) is 6.26 Å². The van der Waals surface area contributed by atoms with Crippen molar-refractivity contribution in [1.29, 1.82) is 0 Å². The first kappa shape index (κ1) is 18.4. The molecule has 10 heteroatoms. The van der Waals surface area contributed by atoms with Crippen molar-refractivity contribution in [2.75, 3.05) is 18.0 Å². The van der Waals surface area contributed by atoms with E-state index in [0.29, 0.717) is 0 Å². The molecule has 23 heavy (non-hydrogen) atoms. The second kappa shape index (κ2) is 7.58. The van der Waals surface area contributed by atoms with E-state index in [1.807, 2.05) is 5.32 Å². The highest BCUT2D eigenvalue weighted by Crippen LogP contribution is 2.18. The molecule has 0 aromatic heterocycles. The Balaban J connectivity index is 2.86. The van der Waals surface area contributed by atoms with Crippen LogP contribution in [0.2, 0.25) is 0 Å². The second-order valence-corrected chi connectivity index (χ2v) is 6.28. The lowest BCUT2D eigenvalue weighted by molar-refractivity contribution is -0.127. The molecule has 1 atom stereocenters. The van der Waals surface area contributed by atoms with Crippen LogP contribution in [0.1, 0.15) is 17.3 Å². The van der Waals surface area contributed by atoms with Crippen molar-refractivity contribution in [3.05, 3.63) is 29.8 Å². The number of ether oxygens (including phenoxy) is 1. The third-order valence-corrected chi connectivity index (χ3v) is 3.15. The van der Waals surface area contributed by atoms with Crippen molar-refractivity contribution in [3.63, 3.8) is 0 Å². The molecule has 1 aromatic carbocycles. The monoisotopic (exact) mass is 343 g/mol. The molecule has 0 saturated heterocycles. The first-order valence-corrected chi connectivity index (χ1v) is 8.33. The van der Waals surface area contributed by atoms with Crippen LogP contribution in [0.3, 0.4) is 0 Å². The zero-order valence-electron chi connectivity index (χ0n) is 12.7. The standard InChI is InChI=1S/C13H17N3O6S/c1-8(11(17)15-13(19)14-2)22-12(18)9-6-4-5-7-10(9)16-23(3,20)21/h4-8,16H,1-3H3,(H2,14,15,17,19)/t8-/m0/s1. The number of carbonyl (C=O) groups is 3. The number of esters is 1. The molecule has 0 saturated carbocycles. The number of nitrogens with one attached hydrogen (secondary N) is 3. The maximum Gasteiger partial charge on any atom is 0.341 e. The minimum absolute atomic E-state index is 0.0268. The van der Waals surface area contributed by atoms with Gasteiger partial charge < -0.3 is 10.1 Å². The highest BCUT2D eigenvalue weighted by atomic mass is 32.2. The second-order valence-electron chi connectivity index (χ2n) is 4.54. The van der Waals surface area contributed by atoms with Crippen LogP contribution in [0.25, 0.3) is 0 Å². The Labute approximate surface area is 133 Å². The van der Waals surface area contributed by atoms with E-state index < -0.39 is 34.0 Å². The van der Waals surface area contributed by atoms with Crippen molar-refractivity contribution >= 4 is 33.6 Å². The van der Waals surface area contributed by atoms with E-state index in [4.69, 9.17) is 4.74 Å². The number of sulfonamides is 1. The summed E-state index contributed by atoms with van der Waals surface area (Å²) in [6, 6.07) is 5.04. The summed E-state index contributed by atoms with van der Waals surface area (Å²) in [5.74, 6) is -1.72. The van der Waals surface area contributed by atoms with Crippen molar-refractivity contribution in [2.45, 2.75) is 13.0 Å². The fourth-order valence-electron chi connectivity index (χ4n) is 1.50. The van der Waals surface area contributed by atoms with Gasteiger partial charge in [0, 0.05) is 7.05 Å². The Kier molecular flexibility index (Phi) is 6.08. The van der Waals surface area contributed by atoms with Gasteiger partial charge in [0.1, 0.15) is 0 Å². The highest BCUT2D eigenvalue weighted by Gasteiger charge is 2.22. The normalized spacial score (nSPS) is 12.0. The summed E-state index contributed by atoms with van der Waals surface area (Å²) < 4.78 is 29.7. The number of anilines is 1. The molecule has 0 aliphatic carbocycles. The van der Waals surface area contributed by atoms with Crippen LogP contribution in [0, 0.1) is 0 Å². The smallest absolute Gasteiger partial charge is 0.341 e. The van der Waals surface area contributed by atoms with Crippen LogP contribution in [-0.4, -0.2) is 45.7 Å². The number of para-hydroxylation sites is 1. The Morgan fingerprint density at radius 3 is 2.35 bits per heavy atom. The van der Waals surface area contributed by atoms with Crippen LogP contribution in [0.15, 0.2) is 24.3 Å². The van der Waals surface area contributed by atoms with E-state index in [2.05, 4.69) is 10.0 Å². The lowest BCUT2D eigenvalue weighted by atomic mass is 10.2. The van der Waals surface area contributed by atoms with Gasteiger partial charge in [0.2, 0.25) is 10.0 Å². The van der Waals surface area contributed by atoms with Gasteiger partial charge in [0.05, 0.1) is 17.5 Å². The summed E-state index contributed by atoms with van der Waals surface area (Å²) >= 11 is 0. The van der Waals surface area contributed by atoms with Crippen molar-refractivity contribution in [1.82, 2.24) is 10.6 Å². The summed E-state index contributed by atoms with van der Waals surface area (Å²) in [4.78, 5) is 34.7. The van der Waals surface area contributed by atoms with Gasteiger partial charge >= 0.3 is 12.0 Å². The molecule has 0 aliphatic heterocycles. The number of carbonyl (C=O) groups excluding carboxylic acids is 3. The quantitative estimate of drug-likeness (QED) is 0.648. The average Bonchev–Trinajstić information content (AvgIpc) is 2.45. The molecule has 3 N–H and O–H groups in total. The molecule has 0 aliphatic rings. The average molecular weight is 343 g/mol. The minimum Gasteiger partial charge on any atom is -0.449 e. The first-order valence-electron chi connectivity index (χ1n) is 6.44. The summed E-state index contributed by atoms with van der Waals surface area (Å²) in [7, 11) is -2.26. The molecule has 0 spiro atoms. The summed E-state index contributed by atoms with van der Waals surface area (Å²) in [5, 5.41) is 4.14. The molecule has 9 nitrogen and oxygen atoms in total. The summed E-state index contributed by atoms with van der Waals surface area (Å²) in [6.07, 6.45) is -0.305. The number of urea groups is 1. The molecule has 126 valence electrons. The van der Waals surface area contributed by atoms with Gasteiger partial charge in [0.25, 0.3) is 5.91 Å². The van der Waals surface area contributed by atoms with Crippen LogP contribution < -0.4 is 15.4 Å². The summed E-state index contributed by atoms with van der Waals surface area (Å²) in [5.41, 5.74) is -0.0311. The molecular formula is C13H17N3O6S. The van der Waals surface area contributed by atoms with Gasteiger partial charge in [-0.15, -0.1) is 0 Å². The SMILES string of the molecule is CNC(=O)NC(=O)[C@H](C)OC(=O)c1ccccc1NS(C)(=O)=O. The van der Waals surface area contributed by atoms with Crippen LogP contribution in [-0.2, 0) is 19.6 Å². The lowest BCUT2D eigenvalue weighted by Gasteiger charge is -2.14. The highest BCUT2D eigenvalue weighted by molar-refractivity contribution is 7.92. The van der Waals surface area contributed by atoms with Crippen molar-refractivity contribution < 1.29 is 27.5 Å². The Morgan fingerprint density at radius 1 is 1.17 bits per heavy atom. The molecule has 0 bridgehead atoms. The fourth-order valence-corrected chi connectivity index (χ4v) is 2.08. The minimum atomic E-state index is -3.59. The lowest BCUT2D eigenvalue weighted by Crippen LogP contribution is -2.43. The topological polar surface area (TPSA) is 131 Å². The van der Waals surface area contributed by atoms with Crippen LogP contribution >= 0.6 is 0 Å². The van der Waals surface area contributed by atoms with Crippen LogP contribution in [0.4, 0.5) is 10.5 Å². The zero-order valence-corrected chi connectivity index (χ0v) is 13.6. The van der Waals surface area contributed by atoms with E-state index >= 15 is 0 Å². The van der Waals surface area contributed by atoms with Crippen LogP contribution in [0.5, 0.6) is 0 Å². The molecule has 0 heterocycles. The predicted molar refractivity (Wildman–Crippen MR) is 82.4 cm³/mol. The van der Waals surface area contributed by atoms with Gasteiger partial charge in [-0.25, -0.2) is 18.0 Å². The molecule has 0 unspecified atom stereocenters. The fraction of sp³-hybridized carbons (Fsp3) is 0.308. The van der Waals surface area contributed by atoms with Gasteiger partial charge in [-0.1, -0.05) is 12.1 Å². The molecule has 1 aromatic rings. The predicted octanol–water partition coefficient (Wildman–Crippen LogP) is 0.0590. The largest absolute Gasteiger partial charge is 0.449 e. The molecule has 3 amide bonds. The number of amides is 3. The molecular weight excluding hydrogens is 326 g/mol. The van der Waals surface area contributed by atoms with Gasteiger partial charge in [0.15, 0.2) is 6.10 Å². The third kappa shape index (κ3) is 5.94. The molecule has 0 radical (unpaired) electrons. The number of hydrogen-bond donors (Lipinski definition) is 3. The Morgan fingerprint density at radius 2 is 1.78 bits per heavy atom. The number of hydrogen-bond acceptors (Lipinski definition) is 6. The Hall–Kier alpha value is -2.62. The maximum atomic E-state index is 12.1. The van der Waals surface area contributed by atoms with Gasteiger partial charge in [-0.2, -0.15) is 0 Å². The van der Waals surface area contributed by atoms with E-state index in [1.165, 1.54) is 38.2 Å². The molecule has 1 rings (SSSR count). The maximum absolute atomic E-state index is 12.1. The van der Waals surface area contributed by atoms with E-state index in [9.17, 15) is 22.8 Å². The Bertz CT molecular complexity index is 716. The van der Waals surface area contributed by atoms with Crippen molar-refractivity contribution in [2.24, 2.45) is 0 Å². The van der Waals surface area contributed by atoms with E-state index in [1.54, 1.807) is 0 Å². The van der Waals surface area contributed by atoms with Gasteiger partial charge in [-0.3, -0.25) is 14.8 Å². The van der Waals surface area contributed by atoms with Crippen molar-refractivity contribution in [3.8, 4) is 0 Å². The zero-order chi connectivity index (χ0) is 17.6. The molecule has 0 fully saturated rings. The number of imide groups is 1. The number of rotatable bonds is 5. The van der Waals surface area contributed by atoms with Gasteiger partial charge in [-0.05, 0) is 19.1 Å². The summed E-state index contributed by atoms with van der Waals surface area (Å²) in [6.45, 7) is 1.28. The van der Waals surface area contributed by atoms with E-state index in [-0.39, 0.29) is 11.3 Å². The number of benzene rings is 1. The first-order chi connectivity index (χ1) is 10.6. The third-order valence-electron chi connectivity index (χ3n) is 2.56.